The molecular formula is C17H14Cl2N2OS. The second kappa shape index (κ2) is 7.30. The Bertz CT molecular complexity index is 814. The van der Waals surface area contributed by atoms with E-state index in [1.54, 1.807) is 23.5 Å². The Morgan fingerprint density at radius 3 is 2.78 bits per heavy atom. The zero-order valence-electron chi connectivity index (χ0n) is 12.2. The summed E-state index contributed by atoms with van der Waals surface area (Å²) in [4.78, 5) is 16.5. The number of nitrogens with zero attached hydrogens (tertiary/aromatic N) is 1. The molecule has 0 unspecified atom stereocenters. The lowest BCUT2D eigenvalue weighted by Crippen LogP contribution is -2.23. The number of benzene rings is 2. The summed E-state index contributed by atoms with van der Waals surface area (Å²) in [5.41, 5.74) is 1.84. The van der Waals surface area contributed by atoms with Crippen LogP contribution in [0, 0.1) is 0 Å². The van der Waals surface area contributed by atoms with Gasteiger partial charge < -0.3 is 5.32 Å². The van der Waals surface area contributed by atoms with Crippen molar-refractivity contribution < 1.29 is 4.79 Å². The Morgan fingerprint density at radius 2 is 2.00 bits per heavy atom. The number of fused-ring (bicyclic) bond motifs is 1. The SMILES string of the molecule is O=C(CCc1nc2ccccc2s1)NCc1ccc(Cl)cc1Cl. The first-order chi connectivity index (χ1) is 11.1. The van der Waals surface area contributed by atoms with Crippen LogP contribution in [0.25, 0.3) is 10.2 Å². The molecule has 3 aromatic rings. The molecule has 0 aliphatic heterocycles. The van der Waals surface area contributed by atoms with Gasteiger partial charge in [0.2, 0.25) is 5.91 Å². The lowest BCUT2D eigenvalue weighted by Gasteiger charge is -2.07. The Balaban J connectivity index is 1.53. The maximum absolute atomic E-state index is 12.0. The standard InChI is InChI=1S/C17H14Cl2N2OS/c18-12-6-5-11(13(19)9-12)10-20-16(22)7-8-17-21-14-3-1-2-4-15(14)23-17/h1-6,9H,7-8,10H2,(H,20,22). The third-order valence-electron chi connectivity index (χ3n) is 3.40. The van der Waals surface area contributed by atoms with Crippen LogP contribution in [-0.2, 0) is 17.8 Å². The minimum absolute atomic E-state index is 0.0183. The highest BCUT2D eigenvalue weighted by Crippen LogP contribution is 2.23. The van der Waals surface area contributed by atoms with Gasteiger partial charge in [-0.25, -0.2) is 4.98 Å². The van der Waals surface area contributed by atoms with Gasteiger partial charge in [0.1, 0.15) is 0 Å². The third kappa shape index (κ3) is 4.22. The number of rotatable bonds is 5. The van der Waals surface area contributed by atoms with E-state index < -0.39 is 0 Å². The van der Waals surface area contributed by atoms with Crippen molar-refractivity contribution in [1.29, 1.82) is 0 Å². The van der Waals surface area contributed by atoms with Gasteiger partial charge in [0.25, 0.3) is 0 Å². The van der Waals surface area contributed by atoms with Crippen molar-refractivity contribution >= 4 is 50.7 Å². The molecule has 0 atom stereocenters. The van der Waals surface area contributed by atoms with Gasteiger partial charge in [-0.2, -0.15) is 0 Å². The average molecular weight is 365 g/mol. The summed E-state index contributed by atoms with van der Waals surface area (Å²) in [6.07, 6.45) is 1.05. The lowest BCUT2D eigenvalue weighted by atomic mass is 10.2. The number of halogens is 2. The lowest BCUT2D eigenvalue weighted by molar-refractivity contribution is -0.121. The molecule has 0 saturated heterocycles. The molecule has 0 aliphatic carbocycles. The van der Waals surface area contributed by atoms with Gasteiger partial charge >= 0.3 is 0 Å². The molecule has 0 fully saturated rings. The summed E-state index contributed by atoms with van der Waals surface area (Å²) in [7, 11) is 0. The van der Waals surface area contributed by atoms with Gasteiger partial charge in [-0.3, -0.25) is 4.79 Å². The van der Waals surface area contributed by atoms with Crippen LogP contribution in [0.15, 0.2) is 42.5 Å². The van der Waals surface area contributed by atoms with Crippen molar-refractivity contribution in [3.8, 4) is 0 Å². The van der Waals surface area contributed by atoms with Crippen LogP contribution in [0.3, 0.4) is 0 Å². The maximum atomic E-state index is 12.0. The fourth-order valence-corrected chi connectivity index (χ4v) is 3.64. The second-order valence-electron chi connectivity index (χ2n) is 5.09. The number of hydrogen-bond acceptors (Lipinski definition) is 3. The number of carbonyl (C=O) groups excluding carboxylic acids is 1. The van der Waals surface area contributed by atoms with E-state index in [-0.39, 0.29) is 5.91 Å². The maximum Gasteiger partial charge on any atom is 0.220 e. The number of amides is 1. The van der Waals surface area contributed by atoms with E-state index >= 15 is 0 Å². The van der Waals surface area contributed by atoms with E-state index in [1.807, 2.05) is 30.3 Å². The fourth-order valence-electron chi connectivity index (χ4n) is 2.19. The van der Waals surface area contributed by atoms with Gasteiger partial charge in [0.05, 0.1) is 15.2 Å². The fraction of sp³-hybridized carbons (Fsp3) is 0.176. The highest BCUT2D eigenvalue weighted by molar-refractivity contribution is 7.18. The van der Waals surface area contributed by atoms with Crippen LogP contribution in [0.5, 0.6) is 0 Å². The number of aromatic nitrogens is 1. The Morgan fingerprint density at radius 1 is 1.17 bits per heavy atom. The quantitative estimate of drug-likeness (QED) is 0.702. The van der Waals surface area contributed by atoms with Crippen LogP contribution >= 0.6 is 34.5 Å². The molecule has 3 rings (SSSR count). The number of aryl methyl sites for hydroxylation is 1. The van der Waals surface area contributed by atoms with Crippen molar-refractivity contribution in [2.45, 2.75) is 19.4 Å². The highest BCUT2D eigenvalue weighted by atomic mass is 35.5. The van der Waals surface area contributed by atoms with Gasteiger partial charge in [-0.05, 0) is 29.8 Å². The molecule has 0 radical (unpaired) electrons. The van der Waals surface area contributed by atoms with E-state index in [4.69, 9.17) is 23.2 Å². The number of hydrogen-bond donors (Lipinski definition) is 1. The topological polar surface area (TPSA) is 42.0 Å². The van der Waals surface area contributed by atoms with Crippen LogP contribution in [0.1, 0.15) is 17.0 Å². The van der Waals surface area contributed by atoms with E-state index in [2.05, 4.69) is 10.3 Å². The summed E-state index contributed by atoms with van der Waals surface area (Å²) in [6.45, 7) is 0.398. The minimum atomic E-state index is -0.0183. The highest BCUT2D eigenvalue weighted by Gasteiger charge is 2.08. The van der Waals surface area contributed by atoms with Crippen molar-refractivity contribution in [1.82, 2.24) is 10.3 Å². The molecule has 23 heavy (non-hydrogen) atoms. The van der Waals surface area contributed by atoms with Crippen LogP contribution in [0.4, 0.5) is 0 Å². The van der Waals surface area contributed by atoms with E-state index in [0.717, 1.165) is 20.8 Å². The molecule has 0 bridgehead atoms. The molecule has 118 valence electrons. The Hall–Kier alpha value is -1.62. The first kappa shape index (κ1) is 16.2. The van der Waals surface area contributed by atoms with Crippen LogP contribution in [0.2, 0.25) is 10.0 Å². The third-order valence-corrected chi connectivity index (χ3v) is 5.08. The zero-order valence-corrected chi connectivity index (χ0v) is 14.5. The minimum Gasteiger partial charge on any atom is -0.352 e. The average Bonchev–Trinajstić information content (AvgIpc) is 2.95. The number of para-hydroxylation sites is 1. The Labute approximate surface area is 148 Å². The van der Waals surface area contributed by atoms with Crippen molar-refractivity contribution in [2.24, 2.45) is 0 Å². The first-order valence-electron chi connectivity index (χ1n) is 7.17. The van der Waals surface area contributed by atoms with Crippen LogP contribution in [-0.4, -0.2) is 10.9 Å². The first-order valence-corrected chi connectivity index (χ1v) is 8.74. The molecular weight excluding hydrogens is 351 g/mol. The van der Waals surface area contributed by atoms with Crippen molar-refractivity contribution in [3.05, 3.63) is 63.1 Å². The normalized spacial score (nSPS) is 10.9. The van der Waals surface area contributed by atoms with Gasteiger partial charge in [-0.1, -0.05) is 41.4 Å². The van der Waals surface area contributed by atoms with Crippen molar-refractivity contribution in [3.63, 3.8) is 0 Å². The number of thiazole rings is 1. The number of nitrogens with one attached hydrogen (secondary N) is 1. The smallest absolute Gasteiger partial charge is 0.220 e. The molecule has 0 aliphatic rings. The summed E-state index contributed by atoms with van der Waals surface area (Å²) in [5, 5.41) is 4.99. The molecule has 2 aromatic carbocycles. The molecule has 3 nitrogen and oxygen atoms in total. The van der Waals surface area contributed by atoms with Crippen molar-refractivity contribution in [2.75, 3.05) is 0 Å². The molecule has 6 heteroatoms. The van der Waals surface area contributed by atoms with E-state index in [1.165, 1.54) is 0 Å². The molecule has 1 N–H and O–H groups in total. The molecule has 0 saturated carbocycles. The van der Waals surface area contributed by atoms with Gasteiger partial charge in [0.15, 0.2) is 0 Å². The van der Waals surface area contributed by atoms with Gasteiger partial charge in [0, 0.05) is 29.4 Å². The summed E-state index contributed by atoms with van der Waals surface area (Å²) in [5.74, 6) is -0.0183. The van der Waals surface area contributed by atoms with Crippen LogP contribution < -0.4 is 5.32 Å². The zero-order chi connectivity index (χ0) is 16.2. The molecule has 1 amide bonds. The predicted octanol–water partition coefficient (Wildman–Crippen LogP) is 4.85. The monoisotopic (exact) mass is 364 g/mol. The number of carbonyl (C=O) groups is 1. The molecule has 1 aromatic heterocycles. The Kier molecular flexibility index (Phi) is 5.16. The second-order valence-corrected chi connectivity index (χ2v) is 7.05. The summed E-state index contributed by atoms with van der Waals surface area (Å²) in [6, 6.07) is 13.2. The van der Waals surface area contributed by atoms with Gasteiger partial charge in [-0.15, -0.1) is 11.3 Å². The van der Waals surface area contributed by atoms with E-state index in [9.17, 15) is 4.79 Å². The summed E-state index contributed by atoms with van der Waals surface area (Å²) >= 11 is 13.6. The molecule has 0 spiro atoms. The summed E-state index contributed by atoms with van der Waals surface area (Å²) < 4.78 is 1.15. The largest absolute Gasteiger partial charge is 0.352 e. The molecule has 1 heterocycles. The predicted molar refractivity (Wildman–Crippen MR) is 96.2 cm³/mol. The van der Waals surface area contributed by atoms with E-state index in [0.29, 0.717) is 29.4 Å².